The normalized spacial score (nSPS) is 11.6. The van der Waals surface area contributed by atoms with Crippen molar-refractivity contribution in [1.82, 2.24) is 20.1 Å². The van der Waals surface area contributed by atoms with Crippen molar-refractivity contribution in [3.05, 3.63) is 28.8 Å². The maximum absolute atomic E-state index is 12.5. The van der Waals surface area contributed by atoms with Gasteiger partial charge in [0.25, 0.3) is 0 Å². The quantitative estimate of drug-likeness (QED) is 0.876. The molecule has 0 aromatic carbocycles. The molecular formula is C9H7ClF3N5O. The summed E-state index contributed by atoms with van der Waals surface area (Å²) in [6, 6.07) is 1.17. The van der Waals surface area contributed by atoms with Crippen molar-refractivity contribution in [1.29, 1.82) is 0 Å². The Labute approximate surface area is 110 Å². The molecule has 0 saturated carbocycles. The molecule has 0 spiro atoms. The first-order chi connectivity index (χ1) is 8.84. The maximum Gasteiger partial charge on any atom is 0.451 e. The molecule has 102 valence electrons. The second-order valence-electron chi connectivity index (χ2n) is 3.48. The van der Waals surface area contributed by atoms with Crippen molar-refractivity contribution >= 4 is 17.4 Å². The molecule has 2 rings (SSSR count). The van der Waals surface area contributed by atoms with Gasteiger partial charge in [-0.25, -0.2) is 9.97 Å². The van der Waals surface area contributed by atoms with Gasteiger partial charge in [-0.3, -0.25) is 0 Å². The third-order valence-electron chi connectivity index (χ3n) is 1.95. The number of rotatable bonds is 3. The molecule has 2 aromatic heterocycles. The van der Waals surface area contributed by atoms with Crippen LogP contribution in [0.15, 0.2) is 10.6 Å². The third-order valence-corrected chi connectivity index (χ3v) is 2.14. The van der Waals surface area contributed by atoms with Crippen LogP contribution in [0, 0.1) is 6.92 Å². The largest absolute Gasteiger partial charge is 0.451 e. The van der Waals surface area contributed by atoms with Gasteiger partial charge in [-0.05, 0) is 0 Å². The summed E-state index contributed by atoms with van der Waals surface area (Å²) >= 11 is 5.50. The molecule has 0 aliphatic carbocycles. The molecule has 2 aromatic rings. The Kier molecular flexibility index (Phi) is 3.56. The summed E-state index contributed by atoms with van der Waals surface area (Å²) < 4.78 is 42.1. The number of nitrogens with one attached hydrogen (secondary N) is 1. The number of aromatic nitrogens is 4. The first-order valence-corrected chi connectivity index (χ1v) is 5.37. The Bertz CT molecular complexity index is 585. The van der Waals surface area contributed by atoms with E-state index in [0.717, 1.165) is 0 Å². The van der Waals surface area contributed by atoms with Crippen LogP contribution < -0.4 is 5.32 Å². The van der Waals surface area contributed by atoms with Crippen LogP contribution in [-0.2, 0) is 12.7 Å². The lowest BCUT2D eigenvalue weighted by atomic mass is 10.5. The Morgan fingerprint density at radius 2 is 2.05 bits per heavy atom. The summed E-state index contributed by atoms with van der Waals surface area (Å²) in [7, 11) is 0. The van der Waals surface area contributed by atoms with Gasteiger partial charge in [-0.2, -0.15) is 18.2 Å². The average molecular weight is 294 g/mol. The zero-order chi connectivity index (χ0) is 14.0. The number of aryl methyl sites for hydroxylation is 1. The van der Waals surface area contributed by atoms with E-state index in [1.165, 1.54) is 6.07 Å². The second-order valence-corrected chi connectivity index (χ2v) is 3.87. The van der Waals surface area contributed by atoms with Gasteiger partial charge >= 0.3 is 6.18 Å². The fourth-order valence-electron chi connectivity index (χ4n) is 1.22. The molecule has 0 aliphatic rings. The van der Waals surface area contributed by atoms with Crippen LogP contribution in [0.1, 0.15) is 17.5 Å². The van der Waals surface area contributed by atoms with Crippen molar-refractivity contribution in [2.75, 3.05) is 5.32 Å². The molecule has 19 heavy (non-hydrogen) atoms. The summed E-state index contributed by atoms with van der Waals surface area (Å²) in [5.74, 6) is -0.740. The first kappa shape index (κ1) is 13.5. The van der Waals surface area contributed by atoms with Crippen LogP contribution in [-0.4, -0.2) is 20.1 Å². The highest BCUT2D eigenvalue weighted by Crippen LogP contribution is 2.28. The standard InChI is InChI=1S/C9H7ClF3N5O/c1-4-15-7(18-19-4)3-14-6-2-5(10)16-8(17-6)9(11,12)13/h2H,3H2,1H3,(H,14,16,17). The molecule has 0 fully saturated rings. The Hall–Kier alpha value is -1.90. The van der Waals surface area contributed by atoms with Crippen LogP contribution in [0.3, 0.4) is 0 Å². The molecule has 0 atom stereocenters. The minimum absolute atomic E-state index is 0.0575. The smallest absolute Gasteiger partial charge is 0.362 e. The van der Waals surface area contributed by atoms with Gasteiger partial charge in [-0.15, -0.1) is 0 Å². The number of halogens is 4. The fourth-order valence-corrected chi connectivity index (χ4v) is 1.40. The van der Waals surface area contributed by atoms with Crippen LogP contribution in [0.2, 0.25) is 5.15 Å². The van der Waals surface area contributed by atoms with Crippen molar-refractivity contribution < 1.29 is 17.7 Å². The van der Waals surface area contributed by atoms with Crippen molar-refractivity contribution in [2.24, 2.45) is 0 Å². The van der Waals surface area contributed by atoms with E-state index in [2.05, 4.69) is 25.4 Å². The van der Waals surface area contributed by atoms with E-state index in [9.17, 15) is 13.2 Å². The predicted octanol–water partition coefficient (Wildman–Crippen LogP) is 2.45. The predicted molar refractivity (Wildman–Crippen MR) is 58.4 cm³/mol. The van der Waals surface area contributed by atoms with E-state index in [4.69, 9.17) is 16.1 Å². The lowest BCUT2D eigenvalue weighted by Gasteiger charge is -2.08. The summed E-state index contributed by atoms with van der Waals surface area (Å²) in [6.45, 7) is 1.65. The minimum Gasteiger partial charge on any atom is -0.362 e. The molecule has 10 heteroatoms. The highest BCUT2D eigenvalue weighted by atomic mass is 35.5. The fraction of sp³-hybridized carbons (Fsp3) is 0.333. The highest BCUT2D eigenvalue weighted by Gasteiger charge is 2.35. The highest BCUT2D eigenvalue weighted by molar-refractivity contribution is 6.29. The van der Waals surface area contributed by atoms with E-state index in [-0.39, 0.29) is 17.5 Å². The molecule has 0 bridgehead atoms. The Morgan fingerprint density at radius 3 is 2.63 bits per heavy atom. The number of anilines is 1. The van der Waals surface area contributed by atoms with Gasteiger partial charge in [0, 0.05) is 13.0 Å². The number of hydrogen-bond acceptors (Lipinski definition) is 6. The summed E-state index contributed by atoms with van der Waals surface area (Å²) in [5.41, 5.74) is 0. The molecule has 1 N–H and O–H groups in total. The van der Waals surface area contributed by atoms with Gasteiger partial charge in [0.15, 0.2) is 5.82 Å². The monoisotopic (exact) mass is 293 g/mol. The topological polar surface area (TPSA) is 76.7 Å². The third kappa shape index (κ3) is 3.53. The maximum atomic E-state index is 12.5. The minimum atomic E-state index is -4.66. The lowest BCUT2D eigenvalue weighted by Crippen LogP contribution is -2.13. The van der Waals surface area contributed by atoms with E-state index in [0.29, 0.717) is 11.7 Å². The van der Waals surface area contributed by atoms with Gasteiger partial charge in [-0.1, -0.05) is 16.8 Å². The molecule has 6 nitrogen and oxygen atoms in total. The van der Waals surface area contributed by atoms with Crippen molar-refractivity contribution in [2.45, 2.75) is 19.6 Å². The van der Waals surface area contributed by atoms with Crippen LogP contribution >= 0.6 is 11.6 Å². The molecule has 2 heterocycles. The molecule has 0 amide bonds. The van der Waals surface area contributed by atoms with Gasteiger partial charge < -0.3 is 9.84 Å². The average Bonchev–Trinajstić information content (AvgIpc) is 2.71. The lowest BCUT2D eigenvalue weighted by molar-refractivity contribution is -0.144. The molecule has 0 saturated heterocycles. The first-order valence-electron chi connectivity index (χ1n) is 4.99. The Morgan fingerprint density at radius 1 is 1.32 bits per heavy atom. The van der Waals surface area contributed by atoms with Gasteiger partial charge in [0.1, 0.15) is 11.0 Å². The summed E-state index contributed by atoms with van der Waals surface area (Å²) in [4.78, 5) is 10.3. The van der Waals surface area contributed by atoms with Gasteiger partial charge in [0.2, 0.25) is 11.7 Å². The second kappa shape index (κ2) is 5.00. The van der Waals surface area contributed by atoms with Crippen molar-refractivity contribution in [3.8, 4) is 0 Å². The van der Waals surface area contributed by atoms with Crippen LogP contribution in [0.5, 0.6) is 0 Å². The van der Waals surface area contributed by atoms with E-state index < -0.39 is 12.0 Å². The van der Waals surface area contributed by atoms with Gasteiger partial charge in [0.05, 0.1) is 6.54 Å². The SMILES string of the molecule is Cc1nc(CNc2cc(Cl)nc(C(F)(F)F)n2)no1. The van der Waals surface area contributed by atoms with Crippen LogP contribution in [0.4, 0.5) is 19.0 Å². The number of nitrogens with zero attached hydrogens (tertiary/aromatic N) is 4. The zero-order valence-corrected chi connectivity index (χ0v) is 10.2. The zero-order valence-electron chi connectivity index (χ0n) is 9.49. The Balaban J connectivity index is 2.14. The number of hydrogen-bond donors (Lipinski definition) is 1. The molecule has 0 radical (unpaired) electrons. The summed E-state index contributed by atoms with van der Waals surface area (Å²) in [6.07, 6.45) is -4.66. The van der Waals surface area contributed by atoms with E-state index >= 15 is 0 Å². The van der Waals surface area contributed by atoms with E-state index in [1.54, 1.807) is 6.92 Å². The van der Waals surface area contributed by atoms with E-state index in [1.807, 2.05) is 0 Å². The molecule has 0 aliphatic heterocycles. The van der Waals surface area contributed by atoms with Crippen LogP contribution in [0.25, 0.3) is 0 Å². The molecular weight excluding hydrogens is 287 g/mol. The van der Waals surface area contributed by atoms with Crippen molar-refractivity contribution in [3.63, 3.8) is 0 Å². The summed E-state index contributed by atoms with van der Waals surface area (Å²) in [5, 5.41) is 5.87. The molecule has 0 unspecified atom stereocenters. The number of alkyl halides is 3.